The molecule has 0 bridgehead atoms. The van der Waals surface area contributed by atoms with E-state index in [0.29, 0.717) is 0 Å². The van der Waals surface area contributed by atoms with Crippen LogP contribution in [0.3, 0.4) is 0 Å². The summed E-state index contributed by atoms with van der Waals surface area (Å²) in [5.41, 5.74) is 0. The van der Waals surface area contributed by atoms with E-state index in [2.05, 4.69) is 0 Å². The Kier molecular flexibility index (Phi) is 2.01. The number of hydrogen-bond acceptors (Lipinski definition) is 1. The highest BCUT2D eigenvalue weighted by molar-refractivity contribution is 7.84. The lowest BCUT2D eigenvalue weighted by atomic mass is 10.5. The van der Waals surface area contributed by atoms with Crippen LogP contribution in [0.1, 0.15) is 0 Å². The quantitative estimate of drug-likeness (QED) is 0.578. The Labute approximate surface area is 57.2 Å². The smallest absolute Gasteiger partial charge is 0.0498 e. The Balaban J connectivity index is 2.98. The third kappa shape index (κ3) is 1.64. The summed E-state index contributed by atoms with van der Waals surface area (Å²) in [6, 6.07) is 9.40. The topological polar surface area (TPSA) is 17.1 Å². The fraction of sp³-hybridized carbons (Fsp3) is 0.143. The normalized spacial score (nSPS) is 13.0. The van der Waals surface area contributed by atoms with Crippen LogP contribution in [-0.4, -0.2) is 10.5 Å². The van der Waals surface area contributed by atoms with E-state index in [1.54, 1.807) is 6.26 Å². The van der Waals surface area contributed by atoms with Crippen molar-refractivity contribution in [2.75, 3.05) is 6.26 Å². The highest BCUT2D eigenvalue weighted by atomic mass is 32.2. The van der Waals surface area contributed by atoms with Gasteiger partial charge in [-0.05, 0) is 12.1 Å². The summed E-state index contributed by atoms with van der Waals surface area (Å²) in [6.07, 6.45) is 1.68. The molecule has 48 valence electrons. The predicted molar refractivity (Wildman–Crippen MR) is 38.8 cm³/mol. The number of rotatable bonds is 1. The monoisotopic (exact) mass is 141 g/mol. The molecule has 9 heavy (non-hydrogen) atoms. The van der Waals surface area contributed by atoms with Crippen molar-refractivity contribution in [3.8, 4) is 0 Å². The van der Waals surface area contributed by atoms with E-state index >= 15 is 0 Å². The van der Waals surface area contributed by atoms with Crippen LogP contribution >= 0.6 is 0 Å². The Bertz CT molecular complexity index is 205. The Morgan fingerprint density at radius 2 is 1.78 bits per heavy atom. The average Bonchev–Trinajstić information content (AvgIpc) is 1.90. The molecular weight excluding hydrogens is 133 g/mol. The first kappa shape index (κ1) is 6.49. The van der Waals surface area contributed by atoms with Gasteiger partial charge >= 0.3 is 0 Å². The zero-order chi connectivity index (χ0) is 6.69. The molecule has 2 heteroatoms. The van der Waals surface area contributed by atoms with Crippen LogP contribution in [0.4, 0.5) is 0 Å². The molecule has 0 saturated carbocycles. The van der Waals surface area contributed by atoms with Gasteiger partial charge in [0, 0.05) is 22.0 Å². The van der Waals surface area contributed by atoms with Gasteiger partial charge < -0.3 is 0 Å². The molecule has 0 aromatic heterocycles. The van der Waals surface area contributed by atoms with Crippen molar-refractivity contribution < 1.29 is 4.21 Å². The first-order valence-electron chi connectivity index (χ1n) is 2.69. The molecule has 0 radical (unpaired) electrons. The number of hydrogen-bond donors (Lipinski definition) is 0. The lowest BCUT2D eigenvalue weighted by Crippen LogP contribution is -1.83. The van der Waals surface area contributed by atoms with Crippen molar-refractivity contribution in [3.63, 3.8) is 0 Å². The molecule has 0 aliphatic heterocycles. The second-order valence-corrected chi connectivity index (χ2v) is 3.15. The third-order valence-electron chi connectivity index (χ3n) is 1.08. The van der Waals surface area contributed by atoms with E-state index in [-0.39, 0.29) is 0 Å². The van der Waals surface area contributed by atoms with Gasteiger partial charge in [0.2, 0.25) is 0 Å². The Morgan fingerprint density at radius 3 is 2.11 bits per heavy atom. The van der Waals surface area contributed by atoms with Crippen LogP contribution in [-0.2, 0) is 10.8 Å². The van der Waals surface area contributed by atoms with Crippen LogP contribution < -0.4 is 0 Å². The van der Waals surface area contributed by atoms with E-state index < -0.39 is 10.8 Å². The van der Waals surface area contributed by atoms with Crippen molar-refractivity contribution in [1.82, 2.24) is 0 Å². The van der Waals surface area contributed by atoms with Crippen molar-refractivity contribution in [3.05, 3.63) is 30.3 Å². The number of benzene rings is 1. The first-order valence-corrected chi connectivity index (χ1v) is 4.25. The van der Waals surface area contributed by atoms with Crippen LogP contribution in [0.15, 0.2) is 35.2 Å². The second-order valence-electron chi connectivity index (χ2n) is 1.77. The molecule has 0 spiro atoms. The molecule has 0 aliphatic rings. The first-order chi connectivity index (χ1) is 4.30. The molecule has 0 saturated heterocycles. The fourth-order valence-electron chi connectivity index (χ4n) is 0.612. The largest absolute Gasteiger partial charge is 0.255 e. The molecule has 0 amide bonds. The van der Waals surface area contributed by atoms with Gasteiger partial charge in [-0.15, -0.1) is 0 Å². The zero-order valence-corrected chi connectivity index (χ0v) is 6.02. The molecule has 0 N–H and O–H groups in total. The molecule has 1 nitrogen and oxygen atoms in total. The van der Waals surface area contributed by atoms with Gasteiger partial charge in [-0.3, -0.25) is 4.21 Å². The summed E-state index contributed by atoms with van der Waals surface area (Å²) in [6.45, 7) is 0. The molecule has 0 aliphatic carbocycles. The maximum absolute atomic E-state index is 10.8. The van der Waals surface area contributed by atoms with E-state index in [1.807, 2.05) is 30.3 Å². The molecule has 0 fully saturated rings. The molecule has 0 heterocycles. The van der Waals surface area contributed by atoms with Crippen molar-refractivity contribution in [1.29, 1.82) is 0 Å². The Morgan fingerprint density at radius 1 is 1.22 bits per heavy atom. The summed E-state index contributed by atoms with van der Waals surface area (Å²) in [7, 11) is -0.829. The molecular formula is C7H8OS. The maximum atomic E-state index is 10.8. The maximum Gasteiger partial charge on any atom is 0.0498 e. The Hall–Kier alpha value is -0.630. The van der Waals surface area contributed by atoms with Crippen LogP contribution in [0.2, 0.25) is 0 Å². The third-order valence-corrected chi connectivity index (χ3v) is 2.01. The van der Waals surface area contributed by atoms with Gasteiger partial charge in [0.15, 0.2) is 0 Å². The van der Waals surface area contributed by atoms with Crippen molar-refractivity contribution >= 4 is 10.8 Å². The van der Waals surface area contributed by atoms with Crippen molar-refractivity contribution in [2.45, 2.75) is 4.90 Å². The van der Waals surface area contributed by atoms with Gasteiger partial charge in [0.25, 0.3) is 0 Å². The summed E-state index contributed by atoms with van der Waals surface area (Å²) < 4.78 is 10.8. The molecule has 1 atom stereocenters. The van der Waals surface area contributed by atoms with Crippen LogP contribution in [0.25, 0.3) is 0 Å². The highest BCUT2D eigenvalue weighted by Gasteiger charge is 1.90. The molecule has 1 aromatic rings. The summed E-state index contributed by atoms with van der Waals surface area (Å²) in [4.78, 5) is 0.887. The van der Waals surface area contributed by atoms with Crippen LogP contribution in [0, 0.1) is 0 Å². The van der Waals surface area contributed by atoms with Crippen LogP contribution in [0.5, 0.6) is 0 Å². The van der Waals surface area contributed by atoms with Gasteiger partial charge in [-0.25, -0.2) is 0 Å². The van der Waals surface area contributed by atoms with Gasteiger partial charge in [0.05, 0.1) is 0 Å². The van der Waals surface area contributed by atoms with E-state index in [4.69, 9.17) is 0 Å². The average molecular weight is 141 g/mol. The van der Waals surface area contributed by atoms with E-state index in [0.717, 1.165) is 4.90 Å². The SMILES string of the molecule is CS(=O)[13c]1ccccc1. The van der Waals surface area contributed by atoms with Gasteiger partial charge in [-0.2, -0.15) is 0 Å². The van der Waals surface area contributed by atoms with Crippen molar-refractivity contribution in [2.24, 2.45) is 0 Å². The molecule has 1 unspecified atom stereocenters. The lowest BCUT2D eigenvalue weighted by Gasteiger charge is -1.90. The van der Waals surface area contributed by atoms with Gasteiger partial charge in [0.1, 0.15) is 0 Å². The second kappa shape index (κ2) is 2.78. The lowest BCUT2D eigenvalue weighted by molar-refractivity contribution is 0.687. The minimum Gasteiger partial charge on any atom is -0.255 e. The standard InChI is InChI=1S/C7H8OS/c1-9(8)7-5-3-2-4-6-7/h2-6H,1H3/i7+1. The summed E-state index contributed by atoms with van der Waals surface area (Å²) in [5, 5.41) is 0. The molecule has 1 rings (SSSR count). The molecule has 1 aromatic carbocycles. The zero-order valence-electron chi connectivity index (χ0n) is 5.20. The van der Waals surface area contributed by atoms with E-state index in [1.165, 1.54) is 0 Å². The fourth-order valence-corrected chi connectivity index (χ4v) is 1.15. The summed E-state index contributed by atoms with van der Waals surface area (Å²) >= 11 is 0. The van der Waals surface area contributed by atoms with Gasteiger partial charge in [-0.1, -0.05) is 18.2 Å². The minimum atomic E-state index is -0.829. The summed E-state index contributed by atoms with van der Waals surface area (Å²) in [5.74, 6) is 0. The minimum absolute atomic E-state index is 0.829. The highest BCUT2D eigenvalue weighted by Crippen LogP contribution is 2.01. The predicted octanol–water partition coefficient (Wildman–Crippen LogP) is 1.42. The van der Waals surface area contributed by atoms with E-state index in [9.17, 15) is 4.21 Å².